The highest BCUT2D eigenvalue weighted by Crippen LogP contribution is 2.40. The van der Waals surface area contributed by atoms with E-state index in [0.717, 1.165) is 18.5 Å². The monoisotopic (exact) mass is 359 g/mol. The van der Waals surface area contributed by atoms with Gasteiger partial charge in [-0.2, -0.15) is 5.10 Å². The predicted octanol–water partition coefficient (Wildman–Crippen LogP) is 3.71. The molecule has 1 aliphatic carbocycles. The zero-order valence-electron chi connectivity index (χ0n) is 12.1. The summed E-state index contributed by atoms with van der Waals surface area (Å²) in [6.07, 6.45) is 2.21. The van der Waals surface area contributed by atoms with Gasteiger partial charge in [-0.25, -0.2) is 8.42 Å². The number of rotatable bonds is 4. The van der Waals surface area contributed by atoms with Gasteiger partial charge in [0.15, 0.2) is 0 Å². The first-order valence-electron chi connectivity index (χ1n) is 6.80. The van der Waals surface area contributed by atoms with E-state index in [0.29, 0.717) is 22.3 Å². The van der Waals surface area contributed by atoms with E-state index in [1.54, 1.807) is 20.0 Å². The lowest BCUT2D eigenvalue weighted by Crippen LogP contribution is -2.16. The molecule has 1 aromatic carbocycles. The first kappa shape index (κ1) is 15.6. The van der Waals surface area contributed by atoms with Crippen LogP contribution in [0.25, 0.3) is 0 Å². The van der Waals surface area contributed by atoms with Crippen LogP contribution in [0.1, 0.15) is 30.0 Å². The fourth-order valence-corrected chi connectivity index (χ4v) is 4.10. The molecule has 1 saturated carbocycles. The van der Waals surface area contributed by atoms with Crippen molar-refractivity contribution in [1.29, 1.82) is 0 Å². The second kappa shape index (κ2) is 5.44. The molecule has 8 heteroatoms. The number of benzene rings is 1. The smallest absolute Gasteiger partial charge is 0.264 e. The molecule has 1 N–H and O–H groups in total. The maximum atomic E-state index is 12.6. The third kappa shape index (κ3) is 2.95. The van der Waals surface area contributed by atoms with E-state index in [9.17, 15) is 8.42 Å². The van der Waals surface area contributed by atoms with Gasteiger partial charge in [0.25, 0.3) is 10.0 Å². The lowest BCUT2D eigenvalue weighted by Gasteiger charge is -2.11. The number of anilines is 1. The van der Waals surface area contributed by atoms with Crippen LogP contribution in [0.15, 0.2) is 23.1 Å². The zero-order chi connectivity index (χ0) is 16.1. The van der Waals surface area contributed by atoms with E-state index in [1.807, 2.05) is 0 Å². The SMILES string of the molecule is Cc1cc(S(=O)(=O)Nc2cc(C3CC3)nn2C)c(Cl)cc1Cl. The summed E-state index contributed by atoms with van der Waals surface area (Å²) in [6, 6.07) is 4.67. The lowest BCUT2D eigenvalue weighted by molar-refractivity contribution is 0.600. The van der Waals surface area contributed by atoms with Gasteiger partial charge in [-0.1, -0.05) is 23.2 Å². The normalized spacial score (nSPS) is 15.1. The van der Waals surface area contributed by atoms with Crippen LogP contribution in [-0.4, -0.2) is 18.2 Å². The number of hydrogen-bond donors (Lipinski definition) is 1. The second-order valence-electron chi connectivity index (χ2n) is 5.49. The average molecular weight is 360 g/mol. The van der Waals surface area contributed by atoms with Gasteiger partial charge in [0, 0.05) is 24.1 Å². The van der Waals surface area contributed by atoms with Crippen LogP contribution in [0.4, 0.5) is 5.82 Å². The summed E-state index contributed by atoms with van der Waals surface area (Å²) in [5.41, 5.74) is 1.56. The van der Waals surface area contributed by atoms with E-state index < -0.39 is 10.0 Å². The average Bonchev–Trinajstić information content (AvgIpc) is 3.20. The molecule has 2 aromatic rings. The molecule has 0 spiro atoms. The molecule has 0 aliphatic heterocycles. The van der Waals surface area contributed by atoms with Gasteiger partial charge in [0.2, 0.25) is 0 Å². The summed E-state index contributed by atoms with van der Waals surface area (Å²) >= 11 is 12.0. The number of hydrogen-bond acceptors (Lipinski definition) is 3. The van der Waals surface area contributed by atoms with Crippen LogP contribution < -0.4 is 4.72 Å². The highest BCUT2D eigenvalue weighted by molar-refractivity contribution is 7.92. The minimum Gasteiger partial charge on any atom is -0.264 e. The van der Waals surface area contributed by atoms with Gasteiger partial charge in [-0.05, 0) is 37.5 Å². The fourth-order valence-electron chi connectivity index (χ4n) is 2.19. The molecule has 22 heavy (non-hydrogen) atoms. The van der Waals surface area contributed by atoms with E-state index >= 15 is 0 Å². The second-order valence-corrected chi connectivity index (χ2v) is 7.95. The third-order valence-electron chi connectivity index (χ3n) is 3.64. The van der Waals surface area contributed by atoms with Crippen molar-refractivity contribution in [3.63, 3.8) is 0 Å². The van der Waals surface area contributed by atoms with Crippen molar-refractivity contribution in [2.75, 3.05) is 4.72 Å². The number of halogens is 2. The molecule has 0 saturated heterocycles. The zero-order valence-corrected chi connectivity index (χ0v) is 14.4. The topological polar surface area (TPSA) is 64.0 Å². The summed E-state index contributed by atoms with van der Waals surface area (Å²) in [5.74, 6) is 0.872. The van der Waals surface area contributed by atoms with Gasteiger partial charge in [-0.3, -0.25) is 9.40 Å². The van der Waals surface area contributed by atoms with Crippen molar-refractivity contribution < 1.29 is 8.42 Å². The van der Waals surface area contributed by atoms with Crippen molar-refractivity contribution >= 4 is 39.0 Å². The number of nitrogens with zero attached hydrogens (tertiary/aromatic N) is 2. The van der Waals surface area contributed by atoms with Crippen molar-refractivity contribution in [2.45, 2.75) is 30.6 Å². The van der Waals surface area contributed by atoms with Gasteiger partial charge < -0.3 is 0 Å². The summed E-state index contributed by atoms with van der Waals surface area (Å²) < 4.78 is 29.2. The van der Waals surface area contributed by atoms with Gasteiger partial charge in [0.1, 0.15) is 10.7 Å². The summed E-state index contributed by atoms with van der Waals surface area (Å²) in [7, 11) is -2.09. The van der Waals surface area contributed by atoms with E-state index in [1.165, 1.54) is 16.8 Å². The Morgan fingerprint density at radius 2 is 1.91 bits per heavy atom. The van der Waals surface area contributed by atoms with Crippen molar-refractivity contribution in [3.05, 3.63) is 39.5 Å². The molecule has 1 heterocycles. The summed E-state index contributed by atoms with van der Waals surface area (Å²) in [4.78, 5) is 0.00485. The molecule has 0 amide bonds. The molecule has 0 radical (unpaired) electrons. The van der Waals surface area contributed by atoms with Crippen LogP contribution in [0.5, 0.6) is 0 Å². The Morgan fingerprint density at radius 3 is 2.55 bits per heavy atom. The third-order valence-corrected chi connectivity index (χ3v) is 5.86. The predicted molar refractivity (Wildman–Crippen MR) is 87.2 cm³/mol. The highest BCUT2D eigenvalue weighted by Gasteiger charge is 2.28. The van der Waals surface area contributed by atoms with Crippen molar-refractivity contribution in [1.82, 2.24) is 9.78 Å². The standard InChI is InChI=1S/C14H15Cl2N3O2S/c1-8-5-13(11(16)6-10(8)15)22(20,21)18-14-7-12(9-3-4-9)17-19(14)2/h5-7,9,18H,3-4H2,1-2H3. The first-order chi connectivity index (χ1) is 10.3. The van der Waals surface area contributed by atoms with E-state index in [2.05, 4.69) is 9.82 Å². The Kier molecular flexibility index (Phi) is 3.87. The Hall–Kier alpha value is -1.24. The molecular weight excluding hydrogens is 345 g/mol. The van der Waals surface area contributed by atoms with Crippen LogP contribution in [0.2, 0.25) is 10.0 Å². The van der Waals surface area contributed by atoms with Crippen molar-refractivity contribution in [2.24, 2.45) is 7.05 Å². The van der Waals surface area contributed by atoms with Gasteiger partial charge >= 0.3 is 0 Å². The lowest BCUT2D eigenvalue weighted by atomic mass is 10.2. The number of aryl methyl sites for hydroxylation is 2. The Morgan fingerprint density at radius 1 is 1.23 bits per heavy atom. The maximum absolute atomic E-state index is 12.6. The quantitative estimate of drug-likeness (QED) is 0.904. The molecule has 118 valence electrons. The van der Waals surface area contributed by atoms with Crippen LogP contribution in [0.3, 0.4) is 0 Å². The Labute approximate surface area is 139 Å². The molecular formula is C14H15Cl2N3O2S. The molecule has 5 nitrogen and oxygen atoms in total. The van der Waals surface area contributed by atoms with Crippen LogP contribution >= 0.6 is 23.2 Å². The molecule has 1 fully saturated rings. The number of aromatic nitrogens is 2. The summed E-state index contributed by atoms with van der Waals surface area (Å²) in [6.45, 7) is 1.73. The Bertz CT molecular complexity index is 842. The van der Waals surface area contributed by atoms with E-state index in [-0.39, 0.29) is 9.92 Å². The number of sulfonamides is 1. The molecule has 1 aliphatic rings. The fraction of sp³-hybridized carbons (Fsp3) is 0.357. The Balaban J connectivity index is 1.95. The molecule has 0 unspecified atom stereocenters. The van der Waals surface area contributed by atoms with Crippen molar-refractivity contribution in [3.8, 4) is 0 Å². The molecule has 1 aromatic heterocycles. The largest absolute Gasteiger partial charge is 0.264 e. The molecule has 0 atom stereocenters. The molecule has 0 bridgehead atoms. The van der Waals surface area contributed by atoms with Crippen LogP contribution in [-0.2, 0) is 17.1 Å². The minimum atomic E-state index is -3.80. The summed E-state index contributed by atoms with van der Waals surface area (Å²) in [5, 5.41) is 4.86. The highest BCUT2D eigenvalue weighted by atomic mass is 35.5. The number of nitrogens with one attached hydrogen (secondary N) is 1. The maximum Gasteiger partial charge on any atom is 0.264 e. The minimum absolute atomic E-state index is 0.00485. The van der Waals surface area contributed by atoms with Gasteiger partial charge in [-0.15, -0.1) is 0 Å². The first-order valence-corrected chi connectivity index (χ1v) is 9.04. The molecule has 3 rings (SSSR count). The van der Waals surface area contributed by atoms with Gasteiger partial charge in [0.05, 0.1) is 10.7 Å². The van der Waals surface area contributed by atoms with E-state index in [4.69, 9.17) is 23.2 Å². The van der Waals surface area contributed by atoms with Crippen LogP contribution in [0, 0.1) is 6.92 Å².